The molecule has 1 aromatic heterocycles. The zero-order chi connectivity index (χ0) is 14.0. The second-order valence-corrected chi connectivity index (χ2v) is 4.40. The van der Waals surface area contributed by atoms with Gasteiger partial charge in [-0.3, -0.25) is 4.68 Å². The fourth-order valence-corrected chi connectivity index (χ4v) is 1.76. The molecular weight excluding hydrogens is 256 g/mol. The van der Waals surface area contributed by atoms with E-state index in [0.29, 0.717) is 26.4 Å². The normalized spacial score (nSPS) is 10.7. The van der Waals surface area contributed by atoms with Gasteiger partial charge in [-0.25, -0.2) is 0 Å². The van der Waals surface area contributed by atoms with Crippen LogP contribution in [-0.2, 0) is 17.9 Å². The van der Waals surface area contributed by atoms with E-state index in [4.69, 9.17) is 14.6 Å². The van der Waals surface area contributed by atoms with Crippen LogP contribution < -0.4 is 4.74 Å². The molecule has 108 valence electrons. The average molecular weight is 276 g/mol. The highest BCUT2D eigenvalue weighted by Crippen LogP contribution is 2.08. The number of ether oxygens (including phenoxy) is 2. The molecule has 0 aliphatic carbocycles. The van der Waals surface area contributed by atoms with Gasteiger partial charge in [0.1, 0.15) is 0 Å². The molecule has 0 saturated heterocycles. The minimum absolute atomic E-state index is 0.0778. The highest BCUT2D eigenvalue weighted by molar-refractivity contribution is 5.13. The summed E-state index contributed by atoms with van der Waals surface area (Å²) in [5.74, 6) is 0.724. The van der Waals surface area contributed by atoms with Crippen LogP contribution in [0.2, 0.25) is 0 Å². The highest BCUT2D eigenvalue weighted by Gasteiger charge is 1.99. The molecule has 20 heavy (non-hydrogen) atoms. The van der Waals surface area contributed by atoms with Crippen molar-refractivity contribution in [1.82, 2.24) is 9.78 Å². The van der Waals surface area contributed by atoms with Gasteiger partial charge in [-0.1, -0.05) is 30.3 Å². The van der Waals surface area contributed by atoms with Gasteiger partial charge in [0.2, 0.25) is 0 Å². The summed E-state index contributed by atoms with van der Waals surface area (Å²) < 4.78 is 12.8. The summed E-state index contributed by atoms with van der Waals surface area (Å²) in [6, 6.07) is 10.1. The van der Waals surface area contributed by atoms with E-state index in [1.165, 1.54) is 5.56 Å². The molecule has 1 N–H and O–H groups in total. The quantitative estimate of drug-likeness (QED) is 0.710. The van der Waals surface area contributed by atoms with Crippen molar-refractivity contribution in [2.24, 2.45) is 0 Å². The van der Waals surface area contributed by atoms with E-state index in [2.05, 4.69) is 5.10 Å². The van der Waals surface area contributed by atoms with Crippen LogP contribution in [0, 0.1) is 0 Å². The van der Waals surface area contributed by atoms with Crippen LogP contribution in [-0.4, -0.2) is 34.7 Å². The van der Waals surface area contributed by atoms with Gasteiger partial charge in [-0.05, 0) is 5.56 Å². The second kappa shape index (κ2) is 8.35. The lowest BCUT2D eigenvalue weighted by atomic mass is 10.2. The summed E-state index contributed by atoms with van der Waals surface area (Å²) in [4.78, 5) is 0. The third-order valence-corrected chi connectivity index (χ3v) is 2.75. The Morgan fingerprint density at radius 1 is 1.15 bits per heavy atom. The summed E-state index contributed by atoms with van der Waals surface area (Å²) in [5, 5.41) is 12.8. The van der Waals surface area contributed by atoms with Gasteiger partial charge in [0.25, 0.3) is 0 Å². The Hall–Kier alpha value is -1.85. The van der Waals surface area contributed by atoms with Gasteiger partial charge in [-0.2, -0.15) is 5.10 Å². The zero-order valence-electron chi connectivity index (χ0n) is 11.4. The van der Waals surface area contributed by atoms with Crippen LogP contribution in [0.5, 0.6) is 5.75 Å². The van der Waals surface area contributed by atoms with Gasteiger partial charge < -0.3 is 14.6 Å². The lowest BCUT2D eigenvalue weighted by Crippen LogP contribution is -2.03. The summed E-state index contributed by atoms with van der Waals surface area (Å²) in [6.45, 7) is 2.46. The Kier molecular flexibility index (Phi) is 6.07. The highest BCUT2D eigenvalue weighted by atomic mass is 16.5. The molecule has 0 unspecified atom stereocenters. The molecule has 2 aromatic rings. The summed E-state index contributed by atoms with van der Waals surface area (Å²) in [6.07, 6.45) is 4.26. The topological polar surface area (TPSA) is 56.5 Å². The van der Waals surface area contributed by atoms with Crippen molar-refractivity contribution in [3.8, 4) is 5.75 Å². The van der Waals surface area contributed by atoms with Crippen molar-refractivity contribution in [1.29, 1.82) is 0 Å². The molecule has 0 radical (unpaired) electrons. The van der Waals surface area contributed by atoms with Crippen molar-refractivity contribution in [2.45, 2.75) is 19.6 Å². The number of aliphatic hydroxyl groups is 1. The lowest BCUT2D eigenvalue weighted by Gasteiger charge is -2.05. The SMILES string of the molecule is OCCn1cc(OCCCOCc2ccccc2)cn1. The molecule has 0 fully saturated rings. The first-order chi connectivity index (χ1) is 9.88. The number of rotatable bonds is 9. The van der Waals surface area contributed by atoms with Gasteiger partial charge in [0.05, 0.1) is 45.4 Å². The molecule has 0 saturated carbocycles. The zero-order valence-corrected chi connectivity index (χ0v) is 11.4. The predicted octanol–water partition coefficient (Wildman–Crippen LogP) is 1.86. The first-order valence-electron chi connectivity index (χ1n) is 6.76. The smallest absolute Gasteiger partial charge is 0.157 e. The van der Waals surface area contributed by atoms with Crippen LogP contribution >= 0.6 is 0 Å². The van der Waals surface area contributed by atoms with Crippen molar-refractivity contribution in [3.63, 3.8) is 0 Å². The van der Waals surface area contributed by atoms with Crippen LogP contribution in [0.4, 0.5) is 0 Å². The summed E-state index contributed by atoms with van der Waals surface area (Å²) in [7, 11) is 0. The Morgan fingerprint density at radius 3 is 2.80 bits per heavy atom. The predicted molar refractivity (Wildman–Crippen MR) is 75.5 cm³/mol. The first-order valence-corrected chi connectivity index (χ1v) is 6.76. The number of aromatic nitrogens is 2. The Balaban J connectivity index is 1.55. The molecular formula is C15H20N2O3. The Bertz CT molecular complexity index is 485. The number of nitrogens with zero attached hydrogens (tertiary/aromatic N) is 2. The minimum atomic E-state index is 0.0778. The fraction of sp³-hybridized carbons (Fsp3) is 0.400. The van der Waals surface area contributed by atoms with Crippen molar-refractivity contribution >= 4 is 0 Å². The van der Waals surface area contributed by atoms with Crippen molar-refractivity contribution in [2.75, 3.05) is 19.8 Å². The molecule has 5 nitrogen and oxygen atoms in total. The van der Waals surface area contributed by atoms with E-state index < -0.39 is 0 Å². The molecule has 0 aliphatic heterocycles. The molecule has 2 rings (SSSR count). The number of hydrogen-bond donors (Lipinski definition) is 1. The van der Waals surface area contributed by atoms with Gasteiger partial charge in [0.15, 0.2) is 5.75 Å². The maximum Gasteiger partial charge on any atom is 0.157 e. The fourth-order valence-electron chi connectivity index (χ4n) is 1.76. The van der Waals surface area contributed by atoms with Crippen LogP contribution in [0.15, 0.2) is 42.7 Å². The van der Waals surface area contributed by atoms with Gasteiger partial charge in [0, 0.05) is 6.42 Å². The first kappa shape index (κ1) is 14.6. The molecule has 0 amide bonds. The third-order valence-electron chi connectivity index (χ3n) is 2.75. The molecule has 0 bridgehead atoms. The van der Waals surface area contributed by atoms with Gasteiger partial charge in [-0.15, -0.1) is 0 Å². The average Bonchev–Trinajstić information content (AvgIpc) is 2.92. The van der Waals surface area contributed by atoms with E-state index >= 15 is 0 Å². The lowest BCUT2D eigenvalue weighted by molar-refractivity contribution is 0.107. The summed E-state index contributed by atoms with van der Waals surface area (Å²) >= 11 is 0. The molecule has 0 spiro atoms. The van der Waals surface area contributed by atoms with Crippen molar-refractivity contribution < 1.29 is 14.6 Å². The van der Waals surface area contributed by atoms with Crippen LogP contribution in [0.25, 0.3) is 0 Å². The summed E-state index contributed by atoms with van der Waals surface area (Å²) in [5.41, 5.74) is 1.18. The number of benzene rings is 1. The van der Waals surface area contributed by atoms with E-state index in [1.807, 2.05) is 30.3 Å². The number of hydrogen-bond acceptors (Lipinski definition) is 4. The number of aliphatic hydroxyl groups excluding tert-OH is 1. The van der Waals surface area contributed by atoms with E-state index in [9.17, 15) is 0 Å². The maximum absolute atomic E-state index is 8.78. The van der Waals surface area contributed by atoms with Crippen molar-refractivity contribution in [3.05, 3.63) is 48.3 Å². The molecule has 1 heterocycles. The van der Waals surface area contributed by atoms with Gasteiger partial charge >= 0.3 is 0 Å². The molecule has 5 heteroatoms. The van der Waals surface area contributed by atoms with E-state index in [1.54, 1.807) is 17.1 Å². The third kappa shape index (κ3) is 5.03. The minimum Gasteiger partial charge on any atom is -0.490 e. The van der Waals surface area contributed by atoms with Crippen LogP contribution in [0.1, 0.15) is 12.0 Å². The maximum atomic E-state index is 8.78. The van der Waals surface area contributed by atoms with E-state index in [0.717, 1.165) is 12.2 Å². The molecule has 1 aromatic carbocycles. The Labute approximate surface area is 118 Å². The molecule has 0 atom stereocenters. The Morgan fingerprint density at radius 2 is 2.00 bits per heavy atom. The molecule has 0 aliphatic rings. The van der Waals surface area contributed by atoms with E-state index in [-0.39, 0.29) is 6.61 Å². The largest absolute Gasteiger partial charge is 0.490 e. The monoisotopic (exact) mass is 276 g/mol. The van der Waals surface area contributed by atoms with Crippen LogP contribution in [0.3, 0.4) is 0 Å². The standard InChI is InChI=1S/C15H20N2O3/c18-8-7-17-12-15(11-16-17)20-10-4-9-19-13-14-5-2-1-3-6-14/h1-3,5-6,11-12,18H,4,7-10,13H2. The second-order valence-electron chi connectivity index (χ2n) is 4.40.